The molecule has 0 spiro atoms. The van der Waals surface area contributed by atoms with Crippen molar-refractivity contribution in [1.82, 2.24) is 0 Å². The monoisotopic (exact) mass is 298 g/mol. The summed E-state index contributed by atoms with van der Waals surface area (Å²) in [4.78, 5) is 0. The molecule has 0 heterocycles. The van der Waals surface area contributed by atoms with Crippen molar-refractivity contribution in [3.8, 4) is 0 Å². The van der Waals surface area contributed by atoms with Crippen LogP contribution in [0.1, 0.15) is 11.7 Å². The molecule has 0 aliphatic heterocycles. The van der Waals surface area contributed by atoms with Crippen molar-refractivity contribution in [3.63, 3.8) is 0 Å². The van der Waals surface area contributed by atoms with Gasteiger partial charge in [-0.05, 0) is 34.2 Å². The third-order valence-electron chi connectivity index (χ3n) is 1.92. The Balaban J connectivity index is 3.12. The Hall–Kier alpha value is -0.830. The number of halogens is 1. The Morgan fingerprint density at radius 3 is 2.64 bits per heavy atom. The van der Waals surface area contributed by atoms with Gasteiger partial charge >= 0.3 is 0 Å². The van der Waals surface area contributed by atoms with E-state index in [0.29, 0.717) is 5.57 Å². The molecule has 0 bridgehead atoms. The first kappa shape index (κ1) is 11.2. The second-order valence-corrected chi connectivity index (χ2v) is 3.92. The molecule has 0 saturated heterocycles. The van der Waals surface area contributed by atoms with Crippen LogP contribution in [0.3, 0.4) is 0 Å². The van der Waals surface area contributed by atoms with Gasteiger partial charge in [0, 0.05) is 9.14 Å². The van der Waals surface area contributed by atoms with Gasteiger partial charge in [-0.3, -0.25) is 0 Å². The molecule has 0 radical (unpaired) electrons. The molecule has 1 unspecified atom stereocenters. The molecule has 0 aromatic heterocycles. The molecule has 0 amide bonds. The predicted molar refractivity (Wildman–Crippen MR) is 67.0 cm³/mol. The Morgan fingerprint density at radius 1 is 1.50 bits per heavy atom. The van der Waals surface area contributed by atoms with Gasteiger partial charge in [-0.25, -0.2) is 0 Å². The average Bonchev–Trinajstić information content (AvgIpc) is 2.20. The highest BCUT2D eigenvalue weighted by atomic mass is 127. The topological polar surface area (TPSA) is 20.2 Å². The molecule has 0 fully saturated rings. The Morgan fingerprint density at radius 2 is 2.14 bits per heavy atom. The average molecular weight is 298 g/mol. The minimum atomic E-state index is -0.682. The lowest BCUT2D eigenvalue weighted by molar-refractivity contribution is 0.219. The molecule has 0 aliphatic rings. The van der Waals surface area contributed by atoms with Gasteiger partial charge < -0.3 is 5.11 Å². The zero-order valence-corrected chi connectivity index (χ0v) is 9.86. The Bertz CT molecular complexity index is 389. The lowest BCUT2D eigenvalue weighted by Gasteiger charge is -2.11. The van der Waals surface area contributed by atoms with Crippen molar-refractivity contribution in [1.29, 1.82) is 0 Å². The summed E-state index contributed by atoms with van der Waals surface area (Å²) in [6, 6.07) is 7.66. The highest BCUT2D eigenvalue weighted by molar-refractivity contribution is 14.1. The second-order valence-electron chi connectivity index (χ2n) is 2.76. The molecule has 0 aliphatic carbocycles. The van der Waals surface area contributed by atoms with E-state index in [-0.39, 0.29) is 0 Å². The van der Waals surface area contributed by atoms with Crippen LogP contribution in [0.4, 0.5) is 0 Å². The first-order valence-corrected chi connectivity index (χ1v) is 5.23. The van der Waals surface area contributed by atoms with Gasteiger partial charge in [-0.1, -0.05) is 37.4 Å². The third-order valence-corrected chi connectivity index (χ3v) is 2.90. The molecule has 1 aromatic rings. The summed E-state index contributed by atoms with van der Waals surface area (Å²) >= 11 is 2.19. The number of aliphatic hydroxyl groups excluding tert-OH is 1. The standard InChI is InChI=1S/C12H11IO/c1-3-9(4-2)12(14)10-7-5-6-8-11(10)13/h3,5-8,12,14H,1-2H2. The summed E-state index contributed by atoms with van der Waals surface area (Å²) < 4.78 is 1.02. The highest BCUT2D eigenvalue weighted by Gasteiger charge is 2.12. The van der Waals surface area contributed by atoms with Gasteiger partial charge in [-0.15, -0.1) is 5.73 Å². The number of benzene rings is 1. The number of rotatable bonds is 3. The molecule has 1 nitrogen and oxygen atoms in total. The summed E-state index contributed by atoms with van der Waals surface area (Å²) in [5.41, 5.74) is 4.14. The van der Waals surface area contributed by atoms with Gasteiger partial charge in [0.25, 0.3) is 0 Å². The van der Waals surface area contributed by atoms with Crippen molar-refractivity contribution in [3.05, 3.63) is 63.9 Å². The van der Waals surface area contributed by atoms with Crippen LogP contribution in [0.5, 0.6) is 0 Å². The summed E-state index contributed by atoms with van der Waals surface area (Å²) in [6.45, 7) is 7.12. The largest absolute Gasteiger partial charge is 0.383 e. The van der Waals surface area contributed by atoms with Crippen molar-refractivity contribution in [2.24, 2.45) is 0 Å². The maximum Gasteiger partial charge on any atom is 0.112 e. The first-order chi connectivity index (χ1) is 6.70. The second kappa shape index (κ2) is 5.15. The van der Waals surface area contributed by atoms with Crippen LogP contribution >= 0.6 is 22.6 Å². The molecule has 1 atom stereocenters. The summed E-state index contributed by atoms with van der Waals surface area (Å²) in [7, 11) is 0. The van der Waals surface area contributed by atoms with Crippen LogP contribution in [-0.2, 0) is 0 Å². The molecule has 0 saturated carbocycles. The van der Waals surface area contributed by atoms with Gasteiger partial charge in [0.2, 0.25) is 0 Å². The van der Waals surface area contributed by atoms with Crippen molar-refractivity contribution < 1.29 is 5.11 Å². The SMILES string of the molecule is C=C=C(C=C)C(O)c1ccccc1I. The van der Waals surface area contributed by atoms with Gasteiger partial charge in [0.05, 0.1) is 0 Å². The van der Waals surface area contributed by atoms with E-state index in [1.165, 1.54) is 0 Å². The van der Waals surface area contributed by atoms with Crippen molar-refractivity contribution >= 4 is 22.6 Å². The number of aliphatic hydroxyl groups is 1. The van der Waals surface area contributed by atoms with E-state index in [4.69, 9.17) is 0 Å². The molecular weight excluding hydrogens is 287 g/mol. The third kappa shape index (κ3) is 2.35. The van der Waals surface area contributed by atoms with E-state index >= 15 is 0 Å². The summed E-state index contributed by atoms with van der Waals surface area (Å²) in [6.07, 6.45) is 0.888. The van der Waals surface area contributed by atoms with Crippen LogP contribution in [0.2, 0.25) is 0 Å². The fraction of sp³-hybridized carbons (Fsp3) is 0.0833. The molecule has 2 heteroatoms. The van der Waals surface area contributed by atoms with Crippen molar-refractivity contribution in [2.45, 2.75) is 6.10 Å². The van der Waals surface area contributed by atoms with Gasteiger partial charge in [0.1, 0.15) is 6.10 Å². The van der Waals surface area contributed by atoms with E-state index in [9.17, 15) is 5.11 Å². The fourth-order valence-corrected chi connectivity index (χ4v) is 1.83. The normalized spacial score (nSPS) is 11.6. The maximum absolute atomic E-state index is 9.95. The van der Waals surface area contributed by atoms with E-state index in [1.807, 2.05) is 24.3 Å². The van der Waals surface area contributed by atoms with Crippen molar-refractivity contribution in [2.75, 3.05) is 0 Å². The van der Waals surface area contributed by atoms with E-state index in [2.05, 4.69) is 41.5 Å². The Labute approximate surface area is 97.6 Å². The lowest BCUT2D eigenvalue weighted by Crippen LogP contribution is -2.01. The minimum Gasteiger partial charge on any atom is -0.383 e. The van der Waals surface area contributed by atoms with E-state index in [0.717, 1.165) is 9.13 Å². The molecule has 14 heavy (non-hydrogen) atoms. The van der Waals surface area contributed by atoms with Crippen LogP contribution in [-0.4, -0.2) is 5.11 Å². The maximum atomic E-state index is 9.95. The van der Waals surface area contributed by atoms with Crippen LogP contribution < -0.4 is 0 Å². The lowest BCUT2D eigenvalue weighted by atomic mass is 10.0. The summed E-state index contributed by atoms with van der Waals surface area (Å²) in [5, 5.41) is 9.95. The Kier molecular flexibility index (Phi) is 4.14. The van der Waals surface area contributed by atoms with Crippen LogP contribution in [0.15, 0.2) is 54.8 Å². The van der Waals surface area contributed by atoms with E-state index in [1.54, 1.807) is 6.08 Å². The van der Waals surface area contributed by atoms with E-state index < -0.39 is 6.10 Å². The molecule has 72 valence electrons. The van der Waals surface area contributed by atoms with Gasteiger partial charge in [0.15, 0.2) is 0 Å². The predicted octanol–water partition coefficient (Wildman–Crippen LogP) is 3.22. The number of hydrogen-bond acceptors (Lipinski definition) is 1. The number of hydrogen-bond donors (Lipinski definition) is 1. The van der Waals surface area contributed by atoms with Crippen LogP contribution in [0, 0.1) is 3.57 Å². The quantitative estimate of drug-likeness (QED) is 0.516. The molecule has 1 rings (SSSR count). The molecular formula is C12H11IO. The highest BCUT2D eigenvalue weighted by Crippen LogP contribution is 2.25. The fourth-order valence-electron chi connectivity index (χ4n) is 1.14. The first-order valence-electron chi connectivity index (χ1n) is 4.15. The smallest absolute Gasteiger partial charge is 0.112 e. The minimum absolute atomic E-state index is 0.606. The zero-order chi connectivity index (χ0) is 10.6. The zero-order valence-electron chi connectivity index (χ0n) is 7.70. The van der Waals surface area contributed by atoms with Gasteiger partial charge in [-0.2, -0.15) is 0 Å². The molecule has 1 N–H and O–H groups in total. The summed E-state index contributed by atoms with van der Waals surface area (Å²) in [5.74, 6) is 0. The molecule has 1 aromatic carbocycles. The van der Waals surface area contributed by atoms with Crippen LogP contribution in [0.25, 0.3) is 0 Å².